The van der Waals surface area contributed by atoms with E-state index in [2.05, 4.69) is 36.6 Å². The van der Waals surface area contributed by atoms with E-state index in [9.17, 15) is 89.1 Å². The SMILES string of the molecule is CC[PH]1=C(/C=C/C=C/C=C2/N(CCCCCC(=O)NCCCC[C@H](NC(=O)Cn3cc(CCCF)nn3)C(=O)NCCOCCOCCOCCn3cc(CN([C@@H](C(=O)NO)C(C)C)S(=O)(=O)c4ccc(OC)cc4)nn3)c3ccc4c(S(=O)(=O)O)cc(S(=O)(=O)O)cc4c3C2(C)C)C(C)(C)c2c1ccc1c(S(=O)(=O)O)cc(S(=O)(=O)O)cc21. The first-order chi connectivity index (χ1) is 56.2. The molecule has 0 saturated carbocycles. The van der Waals surface area contributed by atoms with Crippen LogP contribution in [0.2, 0.25) is 0 Å². The van der Waals surface area contributed by atoms with Crippen molar-refractivity contribution in [3.05, 3.63) is 144 Å². The molecule has 2 aliphatic heterocycles. The Hall–Kier alpha value is -8.78. The second-order valence-corrected chi connectivity index (χ2v) is 40.0. The monoisotopic (exact) mass is 1770 g/mol. The number of hydrogen-bond donors (Lipinski definition) is 9. The standard InChI is InChI=1S/C77H102FN12O23PS5/c1-9-114-64-31-29-59-61(44-57(117(101,102)103)46-66(59)119(107,108)109)72(64)77(6,7)68(114)22-13-10-12-21-67-76(4,5)71-60-43-56(116(98,99)100)45-65(118(104,105)106)58(60)28-30-63(71)89(67)35-17-11-14-23-69(91)79-33-16-15-20-62(81-70(92)50-88-47-52(82-86-88)19-18-32-78)74(93)80-34-37-111-39-41-113-42-40-112-38-36-87-48-53(83-85-87)49-90(73(51(2)3)75(94)84-95)115(96,97)55-26-24-54(110-8)25-27-55/h10,12-13,21-22,24-31,43-48,51,62,73,95,114H,9,11,14-20,23,32-42,49-50H2,1-8H3,(H,79,91)(H,80,93)(H,81,92)(H,84,94)(H,98,99,100)(H,101,102,103)(H,104,105,106)(H,107,108,109)/b12-10+,22-13+,67-21+/t62-,73+/m0/s1. The van der Waals surface area contributed by atoms with Gasteiger partial charge >= 0.3 is 0 Å². The first-order valence-corrected chi connectivity index (χ1v) is 47.3. The predicted octanol–water partition coefficient (Wildman–Crippen LogP) is 6.81. The molecule has 2 aliphatic rings. The molecule has 119 heavy (non-hydrogen) atoms. The first-order valence-electron chi connectivity index (χ1n) is 38.4. The highest BCUT2D eigenvalue weighted by Crippen LogP contribution is 2.53. The van der Waals surface area contributed by atoms with Gasteiger partial charge in [-0.3, -0.25) is 47.0 Å². The van der Waals surface area contributed by atoms with Crippen molar-refractivity contribution in [1.29, 1.82) is 0 Å². The highest BCUT2D eigenvalue weighted by atomic mass is 32.2. The maximum atomic E-state index is 13.9. The van der Waals surface area contributed by atoms with Crippen LogP contribution in [0.15, 0.2) is 146 Å². The number of carbonyl (C=O) groups is 4. The molecule has 1 unspecified atom stereocenters. The third-order valence-electron chi connectivity index (χ3n) is 20.4. The molecule has 9 rings (SSSR count). The zero-order valence-corrected chi connectivity index (χ0v) is 72.1. The van der Waals surface area contributed by atoms with Gasteiger partial charge in [-0.1, -0.05) is 115 Å². The number of carbonyl (C=O) groups excluding carboxylic acids is 4. The molecule has 0 saturated heterocycles. The van der Waals surface area contributed by atoms with E-state index in [0.717, 1.165) is 27.0 Å². The number of hydrogen-bond acceptors (Lipinski definition) is 24. The molecule has 2 aromatic heterocycles. The van der Waals surface area contributed by atoms with Gasteiger partial charge in [0.1, 0.15) is 34.2 Å². The van der Waals surface area contributed by atoms with E-state index in [4.69, 9.17) is 18.9 Å². The van der Waals surface area contributed by atoms with Gasteiger partial charge in [-0.15, -0.1) is 10.2 Å². The minimum Gasteiger partial charge on any atom is -0.497 e. The number of allylic oxidation sites excluding steroid dienone is 6. The summed E-state index contributed by atoms with van der Waals surface area (Å²) in [4.78, 5) is 52.2. The molecule has 0 aliphatic carbocycles. The number of rotatable bonds is 46. The van der Waals surface area contributed by atoms with E-state index in [-0.39, 0.29) is 130 Å². The second-order valence-electron chi connectivity index (χ2n) is 29.8. The van der Waals surface area contributed by atoms with Gasteiger partial charge in [-0.2, -0.15) is 38.0 Å². The third-order valence-corrected chi connectivity index (χ3v) is 28.9. The maximum absolute atomic E-state index is 13.9. The Kier molecular flexibility index (Phi) is 32.2. The van der Waals surface area contributed by atoms with Gasteiger partial charge in [0.05, 0.1) is 92.6 Å². The lowest BCUT2D eigenvalue weighted by molar-refractivity contribution is -0.134. The molecule has 35 nitrogen and oxygen atoms in total. The highest BCUT2D eigenvalue weighted by molar-refractivity contribution is 7.89. The third kappa shape index (κ3) is 23.7. The summed E-state index contributed by atoms with van der Waals surface area (Å²) in [6.45, 7) is 13.7. The van der Waals surface area contributed by atoms with E-state index in [1.807, 2.05) is 57.7 Å². The van der Waals surface area contributed by atoms with Crippen molar-refractivity contribution in [2.45, 2.75) is 173 Å². The number of halogens is 1. The number of nitrogens with zero attached hydrogens (tertiary/aromatic N) is 8. The van der Waals surface area contributed by atoms with Gasteiger partial charge in [0.2, 0.25) is 27.7 Å². The summed E-state index contributed by atoms with van der Waals surface area (Å²) in [6.07, 6.45) is 16.2. The lowest BCUT2D eigenvalue weighted by atomic mass is 9.79. The van der Waals surface area contributed by atoms with Crippen LogP contribution in [0.1, 0.15) is 122 Å². The number of amides is 4. The number of unbranched alkanes of at least 4 members (excludes halogenated alkanes) is 3. The minimum atomic E-state index is -5.05. The summed E-state index contributed by atoms with van der Waals surface area (Å²) < 4.78 is 209. The molecule has 9 N–H and O–H groups in total. The van der Waals surface area contributed by atoms with Crippen LogP contribution >= 0.6 is 7.55 Å². The Morgan fingerprint density at radius 3 is 1.82 bits per heavy atom. The normalized spacial score (nSPS) is 15.9. The number of fused-ring (bicyclic) bond motifs is 6. The Morgan fingerprint density at radius 2 is 1.22 bits per heavy atom. The van der Waals surface area contributed by atoms with Gasteiger partial charge in [0.15, 0.2) is 0 Å². The largest absolute Gasteiger partial charge is 0.497 e. The van der Waals surface area contributed by atoms with Crippen molar-refractivity contribution >= 4 is 120 Å². The smallest absolute Gasteiger partial charge is 0.295 e. The fourth-order valence-corrected chi connectivity index (χ4v) is 22.5. The molecule has 3 atom stereocenters. The molecule has 5 aromatic carbocycles. The van der Waals surface area contributed by atoms with E-state index >= 15 is 0 Å². The zero-order chi connectivity index (χ0) is 87.0. The van der Waals surface area contributed by atoms with Crippen LogP contribution in [-0.4, -0.2) is 220 Å². The number of aromatic nitrogens is 6. The molecule has 0 spiro atoms. The number of hydroxylamine groups is 1. The van der Waals surface area contributed by atoms with Gasteiger partial charge in [0.25, 0.3) is 46.4 Å². The van der Waals surface area contributed by atoms with E-state index in [1.54, 1.807) is 43.6 Å². The summed E-state index contributed by atoms with van der Waals surface area (Å²) >= 11 is 0. The Morgan fingerprint density at radius 1 is 0.613 bits per heavy atom. The van der Waals surface area contributed by atoms with Crippen molar-refractivity contribution in [2.24, 2.45) is 5.92 Å². The van der Waals surface area contributed by atoms with Crippen molar-refractivity contribution in [1.82, 2.24) is 55.7 Å². The van der Waals surface area contributed by atoms with Crippen LogP contribution in [-0.2, 0) is 121 Å². The summed E-state index contributed by atoms with van der Waals surface area (Å²) in [6, 6.07) is 13.6. The topological polar surface area (TPSA) is 493 Å². The van der Waals surface area contributed by atoms with E-state index in [1.165, 1.54) is 71.3 Å². The molecule has 42 heteroatoms. The lowest BCUT2D eigenvalue weighted by Crippen LogP contribution is -2.51. The molecular weight excluding hydrogens is 1670 g/mol. The number of sulfonamides is 1. The summed E-state index contributed by atoms with van der Waals surface area (Å²) in [5.41, 5.74) is 2.89. The molecule has 7 aromatic rings. The quantitative estimate of drug-likeness (QED) is 0.00472. The van der Waals surface area contributed by atoms with E-state index in [0.29, 0.717) is 91.3 Å². The Balaban J connectivity index is 0.760. The van der Waals surface area contributed by atoms with Crippen LogP contribution in [0.25, 0.3) is 21.5 Å². The average Bonchev–Trinajstić information content (AvgIpc) is 1.58. The van der Waals surface area contributed by atoms with Crippen LogP contribution < -0.4 is 36.4 Å². The number of methoxy groups -OCH3 is 1. The number of benzene rings is 5. The lowest BCUT2D eigenvalue weighted by Gasteiger charge is -2.31. The number of alkyl halides is 1. The summed E-state index contributed by atoms with van der Waals surface area (Å²) in [5.74, 6) is -2.31. The second kappa shape index (κ2) is 40.7. The van der Waals surface area contributed by atoms with Gasteiger partial charge < -0.3 is 39.8 Å². The fraction of sp³-hybridized carbons (Fsp3) is 0.468. The zero-order valence-electron chi connectivity index (χ0n) is 67.0. The van der Waals surface area contributed by atoms with Crippen LogP contribution in [0, 0.1) is 5.92 Å². The average molecular weight is 1770 g/mol. The molecular formula is C77H102FN12O23PS5. The Bertz CT molecular complexity index is 5610. The Labute approximate surface area is 691 Å². The highest BCUT2D eigenvalue weighted by Gasteiger charge is 2.44. The number of ether oxygens (including phenoxy) is 4. The van der Waals surface area contributed by atoms with Crippen molar-refractivity contribution < 1.29 is 108 Å². The number of anilines is 1. The van der Waals surface area contributed by atoms with Crippen molar-refractivity contribution in [3.63, 3.8) is 0 Å². The molecule has 0 bridgehead atoms. The van der Waals surface area contributed by atoms with Crippen molar-refractivity contribution in [3.8, 4) is 5.75 Å². The molecule has 4 amide bonds. The maximum Gasteiger partial charge on any atom is 0.295 e. The first kappa shape index (κ1) is 94.1. The molecule has 4 heterocycles. The van der Waals surface area contributed by atoms with Gasteiger partial charge in [0, 0.05) is 71.4 Å². The predicted molar refractivity (Wildman–Crippen MR) is 442 cm³/mol. The van der Waals surface area contributed by atoms with Gasteiger partial charge in [-0.05, 0) is 150 Å². The summed E-state index contributed by atoms with van der Waals surface area (Å²) in [7, 11) is -24.4. The van der Waals surface area contributed by atoms with Crippen LogP contribution in [0.4, 0.5) is 10.1 Å². The molecule has 0 radical (unpaired) electrons. The van der Waals surface area contributed by atoms with E-state index < -0.39 is 131 Å². The van der Waals surface area contributed by atoms with Crippen molar-refractivity contribution in [2.75, 3.05) is 84.1 Å². The fourth-order valence-electron chi connectivity index (χ4n) is 14.9. The molecule has 0 fully saturated rings. The minimum absolute atomic E-state index is 0.00101. The number of nitrogens with one attached hydrogen (secondary N) is 4. The van der Waals surface area contributed by atoms with Gasteiger partial charge in [-0.25, -0.2) is 23.3 Å². The van der Waals surface area contributed by atoms with Crippen LogP contribution in [0.3, 0.4) is 0 Å². The van der Waals surface area contributed by atoms with Crippen LogP contribution in [0.5, 0.6) is 5.75 Å². The molecule has 650 valence electrons. The summed E-state index contributed by atoms with van der Waals surface area (Å²) in [5, 5.41) is 36.5. The number of aryl methyl sites for hydroxylation is 1.